The van der Waals surface area contributed by atoms with Gasteiger partial charge < -0.3 is 20.5 Å². The summed E-state index contributed by atoms with van der Waals surface area (Å²) >= 11 is 0. The normalized spacial score (nSPS) is 10.6. The maximum absolute atomic E-state index is 11.7. The standard InChI is InChI=1S/C15H21N3O5/c1-15(2,3)23-14(21)17-9-22-12(19)8-10-5-4-6-11(7-10)18-13(16)20/h4-7H,8-9H2,1-3H3,(H,17,21)(H3,16,18,20). The van der Waals surface area contributed by atoms with E-state index in [1.54, 1.807) is 45.0 Å². The second kappa shape index (κ2) is 8.02. The van der Waals surface area contributed by atoms with Gasteiger partial charge in [0.05, 0.1) is 6.42 Å². The summed E-state index contributed by atoms with van der Waals surface area (Å²) in [7, 11) is 0. The second-order valence-corrected chi connectivity index (χ2v) is 5.71. The predicted molar refractivity (Wildman–Crippen MR) is 83.7 cm³/mol. The highest BCUT2D eigenvalue weighted by Crippen LogP contribution is 2.11. The van der Waals surface area contributed by atoms with Gasteiger partial charge in [-0.1, -0.05) is 12.1 Å². The number of nitrogens with two attached hydrogens (primary N) is 1. The zero-order valence-corrected chi connectivity index (χ0v) is 13.3. The maximum Gasteiger partial charge on any atom is 0.410 e. The molecule has 4 N–H and O–H groups in total. The topological polar surface area (TPSA) is 120 Å². The van der Waals surface area contributed by atoms with Crippen LogP contribution >= 0.6 is 0 Å². The summed E-state index contributed by atoms with van der Waals surface area (Å²) in [4.78, 5) is 33.8. The van der Waals surface area contributed by atoms with Crippen molar-refractivity contribution < 1.29 is 23.9 Å². The molecule has 8 heteroatoms. The van der Waals surface area contributed by atoms with Crippen molar-refractivity contribution in [3.8, 4) is 0 Å². The fourth-order valence-corrected chi connectivity index (χ4v) is 1.61. The minimum atomic E-state index is -0.689. The molecule has 3 amide bonds. The summed E-state index contributed by atoms with van der Waals surface area (Å²) in [5.74, 6) is -0.530. The minimum absolute atomic E-state index is 0.00964. The highest BCUT2D eigenvalue weighted by Gasteiger charge is 2.16. The van der Waals surface area contributed by atoms with E-state index < -0.39 is 23.7 Å². The largest absolute Gasteiger partial charge is 0.444 e. The number of urea groups is 1. The van der Waals surface area contributed by atoms with Crippen molar-refractivity contribution in [3.05, 3.63) is 29.8 Å². The molecule has 0 heterocycles. The second-order valence-electron chi connectivity index (χ2n) is 5.71. The molecular weight excluding hydrogens is 302 g/mol. The molecule has 0 saturated carbocycles. The van der Waals surface area contributed by atoms with Crippen LogP contribution in [0.15, 0.2) is 24.3 Å². The molecule has 0 fully saturated rings. The van der Waals surface area contributed by atoms with Gasteiger partial charge in [0.15, 0.2) is 6.73 Å². The third kappa shape index (κ3) is 8.30. The monoisotopic (exact) mass is 323 g/mol. The van der Waals surface area contributed by atoms with Crippen molar-refractivity contribution >= 4 is 23.8 Å². The number of benzene rings is 1. The van der Waals surface area contributed by atoms with Crippen LogP contribution in [0.25, 0.3) is 0 Å². The minimum Gasteiger partial charge on any atom is -0.444 e. The molecule has 0 aliphatic heterocycles. The van der Waals surface area contributed by atoms with Crippen LogP contribution in [0.4, 0.5) is 15.3 Å². The number of hydrogen-bond acceptors (Lipinski definition) is 5. The number of anilines is 1. The zero-order chi connectivity index (χ0) is 17.5. The number of amides is 3. The zero-order valence-electron chi connectivity index (χ0n) is 13.3. The number of ether oxygens (including phenoxy) is 2. The summed E-state index contributed by atoms with van der Waals surface area (Å²) in [5.41, 5.74) is 5.52. The lowest BCUT2D eigenvalue weighted by molar-refractivity contribution is -0.143. The van der Waals surface area contributed by atoms with Crippen LogP contribution in [-0.4, -0.2) is 30.4 Å². The summed E-state index contributed by atoms with van der Waals surface area (Å²) in [5, 5.41) is 4.73. The molecule has 0 aliphatic rings. The quantitative estimate of drug-likeness (QED) is 0.563. The number of rotatable bonds is 5. The molecule has 1 aromatic rings. The molecule has 0 spiro atoms. The first-order chi connectivity index (χ1) is 10.7. The van der Waals surface area contributed by atoms with Gasteiger partial charge in [0.25, 0.3) is 0 Å². The van der Waals surface area contributed by atoms with Gasteiger partial charge in [-0.05, 0) is 38.5 Å². The lowest BCUT2D eigenvalue weighted by Crippen LogP contribution is -2.34. The number of nitrogens with one attached hydrogen (secondary N) is 2. The number of primary amides is 1. The molecule has 0 aliphatic carbocycles. The average molecular weight is 323 g/mol. The molecule has 1 rings (SSSR count). The molecular formula is C15H21N3O5. The number of esters is 1. The number of carbonyl (C=O) groups excluding carboxylic acids is 3. The Hall–Kier alpha value is -2.77. The maximum atomic E-state index is 11.7. The van der Waals surface area contributed by atoms with E-state index in [9.17, 15) is 14.4 Å². The van der Waals surface area contributed by atoms with Crippen molar-refractivity contribution in [3.63, 3.8) is 0 Å². The molecule has 0 aromatic heterocycles. The van der Waals surface area contributed by atoms with Crippen LogP contribution in [0.3, 0.4) is 0 Å². The van der Waals surface area contributed by atoms with E-state index in [0.29, 0.717) is 11.3 Å². The molecule has 1 aromatic carbocycles. The van der Waals surface area contributed by atoms with Crippen molar-refractivity contribution in [2.24, 2.45) is 5.73 Å². The molecule has 0 saturated heterocycles. The predicted octanol–water partition coefficient (Wildman–Crippen LogP) is 1.75. The highest BCUT2D eigenvalue weighted by atomic mass is 16.6. The van der Waals surface area contributed by atoms with Crippen molar-refractivity contribution in [2.75, 3.05) is 12.0 Å². The van der Waals surface area contributed by atoms with Crippen LogP contribution in [0.2, 0.25) is 0 Å². The van der Waals surface area contributed by atoms with E-state index in [1.807, 2.05) is 0 Å². The van der Waals surface area contributed by atoms with E-state index >= 15 is 0 Å². The number of hydrogen-bond donors (Lipinski definition) is 3. The fraction of sp³-hybridized carbons (Fsp3) is 0.400. The third-order valence-electron chi connectivity index (χ3n) is 2.39. The van der Waals surface area contributed by atoms with E-state index in [0.717, 1.165) is 0 Å². The molecule has 23 heavy (non-hydrogen) atoms. The van der Waals surface area contributed by atoms with Crippen molar-refractivity contribution in [1.29, 1.82) is 0 Å². The lowest BCUT2D eigenvalue weighted by Gasteiger charge is -2.19. The van der Waals surface area contributed by atoms with Crippen molar-refractivity contribution in [1.82, 2.24) is 5.32 Å². The first-order valence-corrected chi connectivity index (χ1v) is 6.93. The Balaban J connectivity index is 2.39. The molecule has 0 bridgehead atoms. The van der Waals surface area contributed by atoms with Crippen LogP contribution in [0.1, 0.15) is 26.3 Å². The number of alkyl carbamates (subject to hydrolysis) is 1. The Morgan fingerprint density at radius 1 is 1.22 bits per heavy atom. The molecule has 0 radical (unpaired) electrons. The third-order valence-corrected chi connectivity index (χ3v) is 2.39. The Morgan fingerprint density at radius 2 is 1.91 bits per heavy atom. The van der Waals surface area contributed by atoms with Gasteiger partial charge in [-0.25, -0.2) is 9.59 Å². The Kier molecular flexibility index (Phi) is 6.37. The van der Waals surface area contributed by atoms with Crippen LogP contribution < -0.4 is 16.4 Å². The van der Waals surface area contributed by atoms with Gasteiger partial charge in [-0.15, -0.1) is 0 Å². The van der Waals surface area contributed by atoms with Gasteiger partial charge in [-0.2, -0.15) is 0 Å². The summed E-state index contributed by atoms with van der Waals surface area (Å²) in [6.45, 7) is 4.90. The SMILES string of the molecule is CC(C)(C)OC(=O)NCOC(=O)Cc1cccc(NC(N)=O)c1. The van der Waals surface area contributed by atoms with E-state index in [-0.39, 0.29) is 13.2 Å². The van der Waals surface area contributed by atoms with Crippen LogP contribution in [-0.2, 0) is 20.7 Å². The lowest BCUT2D eigenvalue weighted by atomic mass is 10.1. The van der Waals surface area contributed by atoms with Crippen molar-refractivity contribution in [2.45, 2.75) is 32.8 Å². The first-order valence-electron chi connectivity index (χ1n) is 6.93. The molecule has 0 unspecified atom stereocenters. The Morgan fingerprint density at radius 3 is 2.52 bits per heavy atom. The fourth-order valence-electron chi connectivity index (χ4n) is 1.61. The summed E-state index contributed by atoms with van der Waals surface area (Å²) in [6.07, 6.45) is -0.678. The van der Waals surface area contributed by atoms with Gasteiger partial charge in [0, 0.05) is 5.69 Å². The van der Waals surface area contributed by atoms with Crippen LogP contribution in [0.5, 0.6) is 0 Å². The van der Waals surface area contributed by atoms with E-state index in [1.165, 1.54) is 0 Å². The van der Waals surface area contributed by atoms with E-state index in [4.69, 9.17) is 15.2 Å². The van der Waals surface area contributed by atoms with E-state index in [2.05, 4.69) is 10.6 Å². The molecule has 126 valence electrons. The van der Waals surface area contributed by atoms with Crippen LogP contribution in [0, 0.1) is 0 Å². The molecule has 0 atom stereocenters. The molecule has 8 nitrogen and oxygen atoms in total. The van der Waals surface area contributed by atoms with Gasteiger partial charge >= 0.3 is 18.1 Å². The average Bonchev–Trinajstić information content (AvgIpc) is 2.35. The Bertz CT molecular complexity index is 581. The van der Waals surface area contributed by atoms with Gasteiger partial charge in [-0.3, -0.25) is 10.1 Å². The van der Waals surface area contributed by atoms with Gasteiger partial charge in [0.1, 0.15) is 5.60 Å². The highest BCUT2D eigenvalue weighted by molar-refractivity contribution is 5.88. The Labute approximate surface area is 134 Å². The smallest absolute Gasteiger partial charge is 0.410 e. The first kappa shape index (κ1) is 18.3. The summed E-state index contributed by atoms with van der Waals surface area (Å²) < 4.78 is 9.89. The number of carbonyl (C=O) groups is 3. The van der Waals surface area contributed by atoms with Gasteiger partial charge in [0.2, 0.25) is 0 Å². The summed E-state index contributed by atoms with van der Waals surface area (Å²) in [6, 6.07) is 5.93.